The first-order valence-electron chi connectivity index (χ1n) is 3.78. The maximum atomic E-state index is 12.9. The van der Waals surface area contributed by atoms with Crippen molar-refractivity contribution in [3.05, 3.63) is 44.5 Å². The van der Waals surface area contributed by atoms with Crippen molar-refractivity contribution in [1.29, 1.82) is 0 Å². The number of aliphatic hydroxyl groups is 1. The van der Waals surface area contributed by atoms with Gasteiger partial charge >= 0.3 is 0 Å². The second-order valence-corrected chi connectivity index (χ2v) is 3.52. The normalized spacial score (nSPS) is 11.9. The highest BCUT2D eigenvalue weighted by Crippen LogP contribution is 2.22. The van der Waals surface area contributed by atoms with Crippen LogP contribution in [0.2, 0.25) is 0 Å². The minimum Gasteiger partial charge on any atom is -0.396 e. The summed E-state index contributed by atoms with van der Waals surface area (Å²) in [4.78, 5) is 2.57. The van der Waals surface area contributed by atoms with Gasteiger partial charge in [0.2, 0.25) is 0 Å². The smallest absolute Gasteiger partial charge is 0.124 e. The molecule has 0 aliphatic rings. The van der Waals surface area contributed by atoms with E-state index in [2.05, 4.69) is 26.0 Å². The first-order chi connectivity index (χ1) is 6.67. The van der Waals surface area contributed by atoms with E-state index in [1.54, 1.807) is 6.07 Å². The van der Waals surface area contributed by atoms with Crippen molar-refractivity contribution in [1.82, 2.24) is 0 Å². The van der Waals surface area contributed by atoms with Crippen LogP contribution in [0, 0.1) is 5.82 Å². The second kappa shape index (κ2) is 4.95. The summed E-state index contributed by atoms with van der Waals surface area (Å²) in [6.07, 6.45) is 0. The van der Waals surface area contributed by atoms with Gasteiger partial charge in [0.1, 0.15) is 5.82 Å². The van der Waals surface area contributed by atoms with Gasteiger partial charge in [-0.1, -0.05) is 21.0 Å². The Morgan fingerprint density at radius 3 is 2.79 bits per heavy atom. The van der Waals surface area contributed by atoms with Gasteiger partial charge in [-0.3, -0.25) is 0 Å². The largest absolute Gasteiger partial charge is 0.396 e. The van der Waals surface area contributed by atoms with E-state index in [0.29, 0.717) is 10.0 Å². The Bertz CT molecular complexity index is 359. The number of benzene rings is 1. The maximum absolute atomic E-state index is 12.9. The van der Waals surface area contributed by atoms with Gasteiger partial charge in [-0.2, -0.15) is 0 Å². The Kier molecular flexibility index (Phi) is 3.88. The lowest BCUT2D eigenvalue weighted by molar-refractivity contribution is 0.267. The monoisotopic (exact) mass is 259 g/mol. The molecule has 0 radical (unpaired) electrons. The zero-order valence-corrected chi connectivity index (χ0v) is 8.65. The van der Waals surface area contributed by atoms with Crippen molar-refractivity contribution in [2.45, 2.75) is 6.04 Å². The van der Waals surface area contributed by atoms with Gasteiger partial charge in [0, 0.05) is 9.38 Å². The summed E-state index contributed by atoms with van der Waals surface area (Å²) in [6.45, 7) is -0.347. The molecule has 1 aromatic rings. The van der Waals surface area contributed by atoms with Gasteiger partial charge in [-0.05, 0) is 29.3 Å². The number of nitrogens with zero attached hydrogens (tertiary/aromatic N) is 3. The van der Waals surface area contributed by atoms with Crippen molar-refractivity contribution in [3.63, 3.8) is 0 Å². The van der Waals surface area contributed by atoms with Gasteiger partial charge < -0.3 is 5.11 Å². The Morgan fingerprint density at radius 2 is 2.29 bits per heavy atom. The van der Waals surface area contributed by atoms with Crippen LogP contribution < -0.4 is 0 Å². The molecule has 1 aromatic carbocycles. The molecule has 1 rings (SSSR count). The summed E-state index contributed by atoms with van der Waals surface area (Å²) in [5.74, 6) is -0.444. The van der Waals surface area contributed by atoms with Crippen LogP contribution in [0.25, 0.3) is 10.4 Å². The van der Waals surface area contributed by atoms with E-state index in [1.165, 1.54) is 12.1 Å². The molecule has 14 heavy (non-hydrogen) atoms. The predicted molar refractivity (Wildman–Crippen MR) is 53.1 cm³/mol. The third kappa shape index (κ3) is 2.70. The van der Waals surface area contributed by atoms with Gasteiger partial charge in [0.05, 0.1) is 12.6 Å². The Balaban J connectivity index is 3.09. The van der Waals surface area contributed by atoms with E-state index in [9.17, 15) is 4.39 Å². The van der Waals surface area contributed by atoms with Crippen LogP contribution in [0.3, 0.4) is 0 Å². The van der Waals surface area contributed by atoms with Crippen molar-refractivity contribution in [3.8, 4) is 0 Å². The summed E-state index contributed by atoms with van der Waals surface area (Å²) in [7, 11) is 0. The van der Waals surface area contributed by atoms with E-state index < -0.39 is 11.9 Å². The topological polar surface area (TPSA) is 69.0 Å². The molecule has 1 atom stereocenters. The number of azide groups is 1. The third-order valence-corrected chi connectivity index (χ3v) is 2.09. The fraction of sp³-hybridized carbons (Fsp3) is 0.250. The lowest BCUT2D eigenvalue weighted by Gasteiger charge is -2.08. The highest BCUT2D eigenvalue weighted by Gasteiger charge is 2.09. The first kappa shape index (κ1) is 11.0. The molecule has 1 N–H and O–H groups in total. The molecule has 0 saturated carbocycles. The summed E-state index contributed by atoms with van der Waals surface area (Å²) in [5, 5.41) is 12.2. The molecule has 0 heterocycles. The van der Waals surface area contributed by atoms with Gasteiger partial charge in [0.25, 0.3) is 0 Å². The molecule has 0 bridgehead atoms. The summed E-state index contributed by atoms with van der Waals surface area (Å²) >= 11 is 3.11. The minimum atomic E-state index is -0.744. The number of rotatable bonds is 3. The van der Waals surface area contributed by atoms with E-state index in [0.717, 1.165) is 0 Å². The summed E-state index contributed by atoms with van der Waals surface area (Å²) in [6, 6.07) is 3.36. The average Bonchev–Trinajstić information content (AvgIpc) is 2.12. The van der Waals surface area contributed by atoms with E-state index in [1.807, 2.05) is 0 Å². The van der Waals surface area contributed by atoms with Crippen LogP contribution in [0.1, 0.15) is 11.6 Å². The zero-order chi connectivity index (χ0) is 10.6. The summed E-state index contributed by atoms with van der Waals surface area (Å²) in [5.41, 5.74) is 8.65. The second-order valence-electron chi connectivity index (χ2n) is 2.61. The van der Waals surface area contributed by atoms with Crippen LogP contribution in [-0.4, -0.2) is 11.7 Å². The van der Waals surface area contributed by atoms with E-state index in [4.69, 9.17) is 10.6 Å². The SMILES string of the molecule is [N-]=[N+]=NC(CO)c1cc(F)cc(Br)c1. The molecule has 1 unspecified atom stereocenters. The molecular weight excluding hydrogens is 253 g/mol. The quantitative estimate of drug-likeness (QED) is 0.506. The molecule has 0 saturated heterocycles. The van der Waals surface area contributed by atoms with E-state index >= 15 is 0 Å². The van der Waals surface area contributed by atoms with Crippen molar-refractivity contribution in [2.24, 2.45) is 5.11 Å². The van der Waals surface area contributed by atoms with Crippen LogP contribution >= 0.6 is 15.9 Å². The lowest BCUT2D eigenvalue weighted by atomic mass is 10.1. The number of halogens is 2. The number of hydrogen-bond donors (Lipinski definition) is 1. The van der Waals surface area contributed by atoms with Crippen LogP contribution in [0.4, 0.5) is 4.39 Å². The van der Waals surface area contributed by atoms with Crippen LogP contribution in [-0.2, 0) is 0 Å². The molecule has 6 heteroatoms. The molecule has 74 valence electrons. The molecule has 0 aliphatic carbocycles. The van der Waals surface area contributed by atoms with E-state index in [-0.39, 0.29) is 6.61 Å². The molecule has 0 aromatic heterocycles. The molecule has 0 spiro atoms. The maximum Gasteiger partial charge on any atom is 0.124 e. The van der Waals surface area contributed by atoms with Gasteiger partial charge in [-0.15, -0.1) is 0 Å². The van der Waals surface area contributed by atoms with Crippen molar-refractivity contribution >= 4 is 15.9 Å². The van der Waals surface area contributed by atoms with Gasteiger partial charge in [-0.25, -0.2) is 4.39 Å². The highest BCUT2D eigenvalue weighted by atomic mass is 79.9. The van der Waals surface area contributed by atoms with Crippen molar-refractivity contribution in [2.75, 3.05) is 6.61 Å². The van der Waals surface area contributed by atoms with Crippen LogP contribution in [0.15, 0.2) is 27.8 Å². The standard InChI is InChI=1S/C8H7BrFN3O/c9-6-1-5(2-7(10)3-6)8(4-14)12-13-11/h1-3,8,14H,4H2. The fourth-order valence-electron chi connectivity index (χ4n) is 1.04. The molecule has 0 aliphatic heterocycles. The predicted octanol–water partition coefficient (Wildman–Crippen LogP) is 2.93. The number of aliphatic hydroxyl groups excluding tert-OH is 1. The molecular formula is C8H7BrFN3O. The Morgan fingerprint density at radius 1 is 1.57 bits per heavy atom. The summed E-state index contributed by atoms with van der Waals surface area (Å²) < 4.78 is 13.5. The average molecular weight is 260 g/mol. The first-order valence-corrected chi connectivity index (χ1v) is 4.57. The Hall–Kier alpha value is -1.10. The minimum absolute atomic E-state index is 0.347. The highest BCUT2D eigenvalue weighted by molar-refractivity contribution is 9.10. The zero-order valence-electron chi connectivity index (χ0n) is 7.06. The number of hydrogen-bond acceptors (Lipinski definition) is 2. The lowest BCUT2D eigenvalue weighted by Crippen LogP contribution is -2.00. The van der Waals surface area contributed by atoms with Crippen LogP contribution in [0.5, 0.6) is 0 Å². The Labute approximate surface area is 88.1 Å². The fourth-order valence-corrected chi connectivity index (χ4v) is 1.52. The van der Waals surface area contributed by atoms with Gasteiger partial charge in [0.15, 0.2) is 0 Å². The molecule has 0 amide bonds. The third-order valence-electron chi connectivity index (χ3n) is 1.63. The molecule has 0 fully saturated rings. The molecule has 4 nitrogen and oxygen atoms in total. The van der Waals surface area contributed by atoms with Crippen molar-refractivity contribution < 1.29 is 9.50 Å².